The van der Waals surface area contributed by atoms with E-state index in [1.807, 2.05) is 29.8 Å². The van der Waals surface area contributed by atoms with Crippen LogP contribution in [0, 0.1) is 6.92 Å². The molecule has 4 aromatic rings. The molecule has 12 heteroatoms. The fourth-order valence-electron chi connectivity index (χ4n) is 5.02. The van der Waals surface area contributed by atoms with Crippen LogP contribution in [-0.4, -0.2) is 48.4 Å². The number of fused-ring (bicyclic) bond motifs is 1. The van der Waals surface area contributed by atoms with Gasteiger partial charge in [-0.1, -0.05) is 12.1 Å². The van der Waals surface area contributed by atoms with E-state index in [0.29, 0.717) is 30.8 Å². The molecule has 5 heterocycles. The molecular weight excluding hydrogens is 499 g/mol. The number of pyridine rings is 1. The van der Waals surface area contributed by atoms with Gasteiger partial charge in [0.05, 0.1) is 31.8 Å². The molecule has 0 N–H and O–H groups in total. The normalized spacial score (nSPS) is 16.6. The average Bonchev–Trinajstić information content (AvgIpc) is 3.54. The Labute approximate surface area is 215 Å². The highest BCUT2D eigenvalue weighted by molar-refractivity contribution is 6.09. The number of aryl methyl sites for hydroxylation is 2. The zero-order valence-electron chi connectivity index (χ0n) is 20.7. The minimum atomic E-state index is -4.66. The summed E-state index contributed by atoms with van der Waals surface area (Å²) in [6.45, 7) is 3.06. The quantitative estimate of drug-likeness (QED) is 0.385. The monoisotopic (exact) mass is 523 g/mol. The van der Waals surface area contributed by atoms with Crippen LogP contribution >= 0.6 is 0 Å². The van der Waals surface area contributed by atoms with Crippen LogP contribution in [0.5, 0.6) is 0 Å². The Kier molecular flexibility index (Phi) is 5.60. The molecule has 0 saturated carbocycles. The third-order valence-corrected chi connectivity index (χ3v) is 7.15. The number of imidazole rings is 1. The van der Waals surface area contributed by atoms with Gasteiger partial charge in [0.15, 0.2) is 0 Å². The highest BCUT2D eigenvalue weighted by atomic mass is 19.4. The fourth-order valence-corrected chi connectivity index (χ4v) is 5.02. The predicted octanol–water partition coefficient (Wildman–Crippen LogP) is 3.45. The summed E-state index contributed by atoms with van der Waals surface area (Å²) in [5.74, 6) is 0.387. The van der Waals surface area contributed by atoms with Gasteiger partial charge in [0.25, 0.3) is 5.91 Å². The maximum Gasteiger partial charge on any atom is 0.433 e. The van der Waals surface area contributed by atoms with Gasteiger partial charge in [0, 0.05) is 37.2 Å². The third-order valence-electron chi connectivity index (χ3n) is 7.15. The second-order valence-corrected chi connectivity index (χ2v) is 9.98. The first-order chi connectivity index (χ1) is 18.1. The molecule has 6 rings (SSSR count). The summed E-state index contributed by atoms with van der Waals surface area (Å²) >= 11 is 0. The van der Waals surface area contributed by atoms with Crippen molar-refractivity contribution >= 4 is 11.7 Å². The van der Waals surface area contributed by atoms with Crippen molar-refractivity contribution in [2.45, 2.75) is 38.0 Å². The Balaban J connectivity index is 1.32. The van der Waals surface area contributed by atoms with E-state index in [4.69, 9.17) is 4.74 Å². The number of halogens is 3. The van der Waals surface area contributed by atoms with E-state index < -0.39 is 11.9 Å². The second-order valence-electron chi connectivity index (χ2n) is 9.98. The van der Waals surface area contributed by atoms with Gasteiger partial charge in [-0.15, -0.1) is 10.2 Å². The summed E-state index contributed by atoms with van der Waals surface area (Å²) < 4.78 is 50.3. The van der Waals surface area contributed by atoms with E-state index >= 15 is 0 Å². The molecule has 2 aliphatic heterocycles. The van der Waals surface area contributed by atoms with Gasteiger partial charge < -0.3 is 13.9 Å². The van der Waals surface area contributed by atoms with Crippen molar-refractivity contribution in [1.29, 1.82) is 0 Å². The molecule has 0 aliphatic carbocycles. The number of alkyl halides is 3. The van der Waals surface area contributed by atoms with Gasteiger partial charge >= 0.3 is 6.18 Å². The highest BCUT2D eigenvalue weighted by Crippen LogP contribution is 2.39. The number of hydrogen-bond acceptors (Lipinski definition) is 6. The Morgan fingerprint density at radius 1 is 1.13 bits per heavy atom. The number of rotatable bonds is 6. The van der Waals surface area contributed by atoms with Crippen LogP contribution in [0.2, 0.25) is 0 Å². The summed E-state index contributed by atoms with van der Waals surface area (Å²) in [6.07, 6.45) is 0.868. The molecule has 1 aromatic carbocycles. The van der Waals surface area contributed by atoms with Crippen molar-refractivity contribution in [2.24, 2.45) is 7.05 Å². The standard InChI is InChI=1S/C26H24F3N7O2/c1-16-9-35(14-30-16)10-17-5-21(26(27,28)29)32-22(6-17)36-11-18-3-4-19(7-20(18)24(36)37)25(12-38-13-25)8-23-33-31-15-34(23)2/h3-7,9,14-15H,8,10-13H2,1-2H3. The maximum atomic E-state index is 13.7. The molecule has 0 unspecified atom stereocenters. The van der Waals surface area contributed by atoms with Gasteiger partial charge in [-0.05, 0) is 41.8 Å². The molecule has 38 heavy (non-hydrogen) atoms. The molecule has 0 atom stereocenters. The van der Waals surface area contributed by atoms with Gasteiger partial charge in [0.2, 0.25) is 0 Å². The average molecular weight is 524 g/mol. The van der Waals surface area contributed by atoms with E-state index in [9.17, 15) is 18.0 Å². The molecule has 9 nitrogen and oxygen atoms in total. The van der Waals surface area contributed by atoms with Crippen LogP contribution in [0.15, 0.2) is 49.2 Å². The lowest BCUT2D eigenvalue weighted by atomic mass is 9.75. The van der Waals surface area contributed by atoms with Crippen molar-refractivity contribution in [3.8, 4) is 0 Å². The van der Waals surface area contributed by atoms with E-state index in [1.54, 1.807) is 30.3 Å². The van der Waals surface area contributed by atoms with Crippen molar-refractivity contribution in [3.05, 3.63) is 88.6 Å². The first kappa shape index (κ1) is 24.3. The largest absolute Gasteiger partial charge is 0.433 e. The molecule has 1 fully saturated rings. The predicted molar refractivity (Wildman–Crippen MR) is 129 cm³/mol. The summed E-state index contributed by atoms with van der Waals surface area (Å²) in [5.41, 5.74) is 1.85. The SMILES string of the molecule is Cc1cn(Cc2cc(N3Cc4ccc(C5(Cc6nncn6C)COC5)cc4C3=O)nc(C(F)(F)F)c2)cn1. The molecule has 1 saturated heterocycles. The Bertz CT molecular complexity index is 1540. The number of benzene rings is 1. The Morgan fingerprint density at radius 2 is 1.95 bits per heavy atom. The lowest BCUT2D eigenvalue weighted by molar-refractivity contribution is -0.141. The zero-order chi connectivity index (χ0) is 26.7. The Hall–Kier alpha value is -4.06. The smallest absolute Gasteiger partial charge is 0.379 e. The van der Waals surface area contributed by atoms with E-state index in [0.717, 1.165) is 28.7 Å². The molecular formula is C26H24F3N7O2. The van der Waals surface area contributed by atoms with E-state index in [-0.39, 0.29) is 30.2 Å². The number of carbonyl (C=O) groups excluding carboxylic acids is 1. The molecule has 0 bridgehead atoms. The van der Waals surface area contributed by atoms with Gasteiger partial charge in [-0.2, -0.15) is 13.2 Å². The first-order valence-corrected chi connectivity index (χ1v) is 12.0. The highest BCUT2D eigenvalue weighted by Gasteiger charge is 2.43. The summed E-state index contributed by atoms with van der Waals surface area (Å²) in [7, 11) is 1.87. The second kappa shape index (κ2) is 8.76. The number of ether oxygens (including phenoxy) is 1. The number of hydrogen-bond donors (Lipinski definition) is 0. The lowest BCUT2D eigenvalue weighted by Crippen LogP contribution is -2.49. The fraction of sp³-hybridized carbons (Fsp3) is 0.346. The molecule has 0 spiro atoms. The number of nitrogens with zero attached hydrogens (tertiary/aromatic N) is 7. The minimum absolute atomic E-state index is 0.0322. The minimum Gasteiger partial charge on any atom is -0.379 e. The van der Waals surface area contributed by atoms with Crippen LogP contribution in [0.1, 0.15) is 44.3 Å². The third kappa shape index (κ3) is 4.24. The van der Waals surface area contributed by atoms with Gasteiger partial charge in [-0.3, -0.25) is 9.69 Å². The van der Waals surface area contributed by atoms with Crippen molar-refractivity contribution in [2.75, 3.05) is 18.1 Å². The zero-order valence-corrected chi connectivity index (χ0v) is 20.7. The van der Waals surface area contributed by atoms with Crippen LogP contribution in [-0.2, 0) is 42.9 Å². The van der Waals surface area contributed by atoms with Crippen molar-refractivity contribution in [3.63, 3.8) is 0 Å². The van der Waals surface area contributed by atoms with Gasteiger partial charge in [0.1, 0.15) is 23.7 Å². The molecule has 1 amide bonds. The topological polar surface area (TPSA) is 91.0 Å². The van der Waals surface area contributed by atoms with Crippen LogP contribution in [0.4, 0.5) is 19.0 Å². The number of aromatic nitrogens is 6. The van der Waals surface area contributed by atoms with E-state index in [1.165, 1.54) is 11.0 Å². The van der Waals surface area contributed by atoms with Gasteiger partial charge in [-0.25, -0.2) is 9.97 Å². The lowest BCUT2D eigenvalue weighted by Gasteiger charge is -2.41. The molecule has 196 valence electrons. The number of carbonyl (C=O) groups is 1. The molecule has 2 aliphatic rings. The van der Waals surface area contributed by atoms with Crippen LogP contribution in [0.3, 0.4) is 0 Å². The number of amides is 1. The summed E-state index contributed by atoms with van der Waals surface area (Å²) in [6, 6.07) is 8.20. The maximum absolute atomic E-state index is 13.7. The summed E-state index contributed by atoms with van der Waals surface area (Å²) in [5, 5.41) is 8.14. The van der Waals surface area contributed by atoms with Crippen molar-refractivity contribution < 1.29 is 22.7 Å². The van der Waals surface area contributed by atoms with Crippen LogP contribution in [0.25, 0.3) is 0 Å². The van der Waals surface area contributed by atoms with Crippen LogP contribution < -0.4 is 4.90 Å². The van der Waals surface area contributed by atoms with Crippen molar-refractivity contribution in [1.82, 2.24) is 29.3 Å². The van der Waals surface area contributed by atoms with E-state index in [2.05, 4.69) is 20.2 Å². The molecule has 3 aromatic heterocycles. The number of anilines is 1. The molecule has 0 radical (unpaired) electrons. The Morgan fingerprint density at radius 3 is 2.58 bits per heavy atom. The summed E-state index contributed by atoms with van der Waals surface area (Å²) in [4.78, 5) is 22.8. The first-order valence-electron chi connectivity index (χ1n) is 12.0.